The van der Waals surface area contributed by atoms with Gasteiger partial charge >= 0.3 is 0 Å². The van der Waals surface area contributed by atoms with Crippen molar-refractivity contribution in [3.63, 3.8) is 0 Å². The molecule has 28 heavy (non-hydrogen) atoms. The van der Waals surface area contributed by atoms with Gasteiger partial charge in [-0.15, -0.1) is 0 Å². The molecular formula is C25H35N2O+. The summed E-state index contributed by atoms with van der Waals surface area (Å²) in [5, 5.41) is 3.29. The smallest absolute Gasteiger partial charge is 0.282 e. The molecule has 2 aromatic rings. The van der Waals surface area contributed by atoms with Gasteiger partial charge in [0.15, 0.2) is 6.04 Å². The van der Waals surface area contributed by atoms with E-state index in [9.17, 15) is 4.79 Å². The number of likely N-dealkylation sites (tertiary alicyclic amines) is 1. The van der Waals surface area contributed by atoms with Crippen LogP contribution in [-0.4, -0.2) is 29.5 Å². The Balaban J connectivity index is 1.89. The monoisotopic (exact) mass is 379 g/mol. The maximum Gasteiger partial charge on any atom is 0.282 e. The highest BCUT2D eigenvalue weighted by atomic mass is 16.2. The maximum atomic E-state index is 13.5. The second kappa shape index (κ2) is 8.91. The Labute approximate surface area is 170 Å². The van der Waals surface area contributed by atoms with Gasteiger partial charge in [-0.05, 0) is 51.2 Å². The van der Waals surface area contributed by atoms with E-state index in [-0.39, 0.29) is 11.9 Å². The summed E-state index contributed by atoms with van der Waals surface area (Å²) < 4.78 is 0.886. The molecule has 1 aliphatic rings. The van der Waals surface area contributed by atoms with Gasteiger partial charge in [0.2, 0.25) is 0 Å². The number of carbonyl (C=O) groups excluding carboxylic acids is 1. The SMILES string of the molecule is CCC(C(=O)Nc1c(C)cccc1C)[N+]1(Cc2cccc(C)c2)CCCCC1. The number of anilines is 1. The lowest BCUT2D eigenvalue weighted by atomic mass is 9.98. The number of rotatable bonds is 6. The first-order valence-corrected chi connectivity index (χ1v) is 10.7. The summed E-state index contributed by atoms with van der Waals surface area (Å²) in [6.45, 7) is 11.6. The van der Waals surface area contributed by atoms with E-state index in [0.717, 1.165) is 47.4 Å². The van der Waals surface area contributed by atoms with Crippen LogP contribution < -0.4 is 5.32 Å². The molecule has 3 rings (SSSR count). The molecule has 1 N–H and O–H groups in total. The van der Waals surface area contributed by atoms with Gasteiger partial charge in [-0.25, -0.2) is 0 Å². The Morgan fingerprint density at radius 2 is 1.64 bits per heavy atom. The van der Waals surface area contributed by atoms with Crippen LogP contribution in [0.25, 0.3) is 0 Å². The molecule has 1 saturated heterocycles. The third kappa shape index (κ3) is 4.47. The normalized spacial score (nSPS) is 17.1. The van der Waals surface area contributed by atoms with Crippen molar-refractivity contribution in [2.45, 2.75) is 66.0 Å². The largest absolute Gasteiger partial charge is 0.320 e. The van der Waals surface area contributed by atoms with E-state index in [1.807, 2.05) is 6.07 Å². The molecule has 0 aromatic heterocycles. The minimum atomic E-state index is -0.0141. The van der Waals surface area contributed by atoms with Crippen molar-refractivity contribution in [3.8, 4) is 0 Å². The number of nitrogens with one attached hydrogen (secondary N) is 1. The van der Waals surface area contributed by atoms with Crippen LogP contribution in [0.15, 0.2) is 42.5 Å². The van der Waals surface area contributed by atoms with Crippen LogP contribution >= 0.6 is 0 Å². The zero-order valence-electron chi connectivity index (χ0n) is 17.9. The molecule has 0 aliphatic carbocycles. The first-order chi connectivity index (χ1) is 13.4. The summed E-state index contributed by atoms with van der Waals surface area (Å²) in [4.78, 5) is 13.5. The van der Waals surface area contributed by atoms with E-state index >= 15 is 0 Å². The molecular weight excluding hydrogens is 344 g/mol. The van der Waals surface area contributed by atoms with Crippen molar-refractivity contribution in [1.82, 2.24) is 0 Å². The fourth-order valence-electron chi connectivity index (χ4n) is 4.94. The van der Waals surface area contributed by atoms with Gasteiger partial charge in [-0.2, -0.15) is 0 Å². The highest BCUT2D eigenvalue weighted by Gasteiger charge is 2.42. The lowest BCUT2D eigenvalue weighted by Gasteiger charge is -2.46. The highest BCUT2D eigenvalue weighted by molar-refractivity contribution is 5.95. The average Bonchev–Trinajstić information content (AvgIpc) is 2.66. The minimum Gasteiger partial charge on any atom is -0.320 e. The fraction of sp³-hybridized carbons (Fsp3) is 0.480. The first-order valence-electron chi connectivity index (χ1n) is 10.7. The zero-order chi connectivity index (χ0) is 20.1. The molecule has 0 saturated carbocycles. The summed E-state index contributed by atoms with van der Waals surface area (Å²) in [5.74, 6) is 0.175. The van der Waals surface area contributed by atoms with Crippen molar-refractivity contribution in [1.29, 1.82) is 0 Å². The molecule has 0 radical (unpaired) electrons. The summed E-state index contributed by atoms with van der Waals surface area (Å²) in [5.41, 5.74) is 5.89. The second-order valence-corrected chi connectivity index (χ2v) is 8.55. The Bertz CT molecular complexity index is 801. The number of carbonyl (C=O) groups is 1. The summed E-state index contributed by atoms with van der Waals surface area (Å²) in [6.07, 6.45) is 4.56. The number of hydrogen-bond acceptors (Lipinski definition) is 1. The predicted molar refractivity (Wildman–Crippen MR) is 117 cm³/mol. The minimum absolute atomic E-state index is 0.0141. The standard InChI is InChI=1S/C25H34N2O/c1-5-23(25(28)26-24-20(3)12-10-13-21(24)4)27(15-7-6-8-16-27)18-22-14-9-11-19(2)17-22/h9-14,17,23H,5-8,15-16,18H2,1-4H3/p+1. The van der Waals surface area contributed by atoms with E-state index in [0.29, 0.717) is 0 Å². The van der Waals surface area contributed by atoms with Gasteiger partial charge in [0.25, 0.3) is 5.91 Å². The molecule has 1 amide bonds. The Hall–Kier alpha value is -2.13. The van der Waals surface area contributed by atoms with Crippen molar-refractivity contribution in [2.75, 3.05) is 18.4 Å². The van der Waals surface area contributed by atoms with Gasteiger partial charge in [-0.1, -0.05) is 55.0 Å². The second-order valence-electron chi connectivity index (χ2n) is 8.55. The molecule has 1 aliphatic heterocycles. The number of benzene rings is 2. The molecule has 1 fully saturated rings. The zero-order valence-corrected chi connectivity index (χ0v) is 17.9. The number of quaternary nitrogens is 1. The van der Waals surface area contributed by atoms with E-state index in [1.165, 1.54) is 30.4 Å². The maximum absolute atomic E-state index is 13.5. The van der Waals surface area contributed by atoms with E-state index in [2.05, 4.69) is 69.4 Å². The lowest BCUT2D eigenvalue weighted by Crippen LogP contribution is -2.61. The van der Waals surface area contributed by atoms with Crippen LogP contribution in [0.4, 0.5) is 5.69 Å². The molecule has 1 heterocycles. The molecule has 3 nitrogen and oxygen atoms in total. The Morgan fingerprint density at radius 1 is 1.00 bits per heavy atom. The number of amides is 1. The van der Waals surface area contributed by atoms with Crippen LogP contribution in [-0.2, 0) is 11.3 Å². The van der Waals surface area contributed by atoms with Gasteiger partial charge in [0, 0.05) is 17.7 Å². The number of nitrogens with zero attached hydrogens (tertiary/aromatic N) is 1. The van der Waals surface area contributed by atoms with Gasteiger partial charge in [0.1, 0.15) is 6.54 Å². The van der Waals surface area contributed by atoms with Gasteiger partial charge in [-0.3, -0.25) is 4.79 Å². The lowest BCUT2D eigenvalue weighted by molar-refractivity contribution is -0.959. The Kier molecular flexibility index (Phi) is 6.56. The van der Waals surface area contributed by atoms with Crippen LogP contribution in [0.1, 0.15) is 54.9 Å². The third-order valence-electron chi connectivity index (χ3n) is 6.37. The quantitative estimate of drug-likeness (QED) is 0.657. The number of para-hydroxylation sites is 1. The van der Waals surface area contributed by atoms with E-state index < -0.39 is 0 Å². The average molecular weight is 380 g/mol. The molecule has 0 bridgehead atoms. The molecule has 1 atom stereocenters. The van der Waals surface area contributed by atoms with Crippen LogP contribution in [0.5, 0.6) is 0 Å². The summed E-state index contributed by atoms with van der Waals surface area (Å²) in [7, 11) is 0. The van der Waals surface area contributed by atoms with Crippen molar-refractivity contribution in [2.24, 2.45) is 0 Å². The summed E-state index contributed by atoms with van der Waals surface area (Å²) in [6, 6.07) is 15.0. The molecule has 1 unspecified atom stereocenters. The van der Waals surface area contributed by atoms with Crippen LogP contribution in [0, 0.1) is 20.8 Å². The molecule has 150 valence electrons. The van der Waals surface area contributed by atoms with Gasteiger partial charge < -0.3 is 9.80 Å². The first kappa shape index (κ1) is 20.6. The fourth-order valence-corrected chi connectivity index (χ4v) is 4.94. The van der Waals surface area contributed by atoms with E-state index in [1.54, 1.807) is 0 Å². The molecule has 0 spiro atoms. The Morgan fingerprint density at radius 3 is 2.25 bits per heavy atom. The summed E-state index contributed by atoms with van der Waals surface area (Å²) >= 11 is 0. The topological polar surface area (TPSA) is 29.1 Å². The highest BCUT2D eigenvalue weighted by Crippen LogP contribution is 2.30. The van der Waals surface area contributed by atoms with Crippen molar-refractivity contribution < 1.29 is 9.28 Å². The number of hydrogen-bond donors (Lipinski definition) is 1. The number of aryl methyl sites for hydroxylation is 3. The van der Waals surface area contributed by atoms with Crippen LogP contribution in [0.3, 0.4) is 0 Å². The molecule has 2 aromatic carbocycles. The number of piperidine rings is 1. The van der Waals surface area contributed by atoms with Crippen LogP contribution in [0.2, 0.25) is 0 Å². The van der Waals surface area contributed by atoms with E-state index in [4.69, 9.17) is 0 Å². The van der Waals surface area contributed by atoms with Gasteiger partial charge in [0.05, 0.1) is 13.1 Å². The predicted octanol–water partition coefficient (Wildman–Crippen LogP) is 5.53. The third-order valence-corrected chi connectivity index (χ3v) is 6.37. The van der Waals surface area contributed by atoms with Crippen molar-refractivity contribution >= 4 is 11.6 Å². The molecule has 3 heteroatoms. The van der Waals surface area contributed by atoms with Crippen molar-refractivity contribution in [3.05, 3.63) is 64.7 Å².